The second-order valence-corrected chi connectivity index (χ2v) is 7.71. The fourth-order valence-corrected chi connectivity index (χ4v) is 4.09. The fourth-order valence-electron chi connectivity index (χ4n) is 4.09. The topological polar surface area (TPSA) is 54.3 Å². The number of rotatable bonds is 2. The van der Waals surface area contributed by atoms with Gasteiger partial charge in [0, 0.05) is 49.9 Å². The molecule has 0 saturated carbocycles. The number of nitrogens with zero attached hydrogens (tertiary/aromatic N) is 5. The van der Waals surface area contributed by atoms with Gasteiger partial charge in [-0.2, -0.15) is 5.10 Å². The molecule has 26 heavy (non-hydrogen) atoms. The molecule has 2 aliphatic rings. The van der Waals surface area contributed by atoms with Gasteiger partial charge in [-0.1, -0.05) is 0 Å². The summed E-state index contributed by atoms with van der Waals surface area (Å²) in [7, 11) is 0. The molecule has 2 aromatic heterocycles. The zero-order valence-electron chi connectivity index (χ0n) is 16.1. The maximum absolute atomic E-state index is 12.0. The molecule has 0 fully saturated rings. The third kappa shape index (κ3) is 2.77. The number of hydrogen-bond acceptors (Lipinski definition) is 4. The second-order valence-electron chi connectivity index (χ2n) is 7.71. The van der Waals surface area contributed by atoms with Crippen molar-refractivity contribution in [1.29, 1.82) is 0 Å². The molecular formula is C20H27N5O. The molecule has 6 nitrogen and oxygen atoms in total. The van der Waals surface area contributed by atoms with Crippen molar-refractivity contribution in [1.82, 2.24) is 19.7 Å². The van der Waals surface area contributed by atoms with E-state index >= 15 is 0 Å². The van der Waals surface area contributed by atoms with Gasteiger partial charge in [0.2, 0.25) is 5.91 Å². The Morgan fingerprint density at radius 3 is 2.77 bits per heavy atom. The summed E-state index contributed by atoms with van der Waals surface area (Å²) < 4.78 is 2.15. The summed E-state index contributed by atoms with van der Waals surface area (Å²) in [6.07, 6.45) is 4.90. The number of amides is 1. The van der Waals surface area contributed by atoms with Crippen LogP contribution in [0.5, 0.6) is 0 Å². The van der Waals surface area contributed by atoms with Gasteiger partial charge in [0.05, 0.1) is 17.9 Å². The average molecular weight is 353 g/mol. The van der Waals surface area contributed by atoms with Crippen LogP contribution in [0.3, 0.4) is 0 Å². The summed E-state index contributed by atoms with van der Waals surface area (Å²) in [5, 5.41) is 5.01. The van der Waals surface area contributed by atoms with Crippen LogP contribution in [0.25, 0.3) is 0 Å². The van der Waals surface area contributed by atoms with E-state index in [0.29, 0.717) is 12.6 Å². The monoisotopic (exact) mass is 353 g/mol. The highest BCUT2D eigenvalue weighted by atomic mass is 16.2. The largest absolute Gasteiger partial charge is 0.338 e. The predicted octanol–water partition coefficient (Wildman–Crippen LogP) is 3.16. The number of carbonyl (C=O) groups is 1. The minimum Gasteiger partial charge on any atom is -0.338 e. The molecule has 0 atom stereocenters. The number of aromatic nitrogens is 3. The normalized spacial score (nSPS) is 16.7. The smallest absolute Gasteiger partial charge is 0.219 e. The Balaban J connectivity index is 1.83. The van der Waals surface area contributed by atoms with Crippen LogP contribution in [-0.2, 0) is 24.2 Å². The molecular weight excluding hydrogens is 326 g/mol. The van der Waals surface area contributed by atoms with Crippen LogP contribution in [0.4, 0.5) is 11.5 Å². The lowest BCUT2D eigenvalue weighted by molar-refractivity contribution is -0.129. The van der Waals surface area contributed by atoms with E-state index in [1.807, 2.05) is 11.1 Å². The molecule has 2 aliphatic heterocycles. The van der Waals surface area contributed by atoms with Crippen LogP contribution in [-0.4, -0.2) is 38.7 Å². The molecule has 6 heteroatoms. The minimum atomic E-state index is 0.135. The Kier molecular flexibility index (Phi) is 4.21. The Morgan fingerprint density at radius 2 is 2.04 bits per heavy atom. The SMILES string of the molecule is CC(=O)N1CCc2c(c(N3CCCc4ncc(C)cc43)nn2C(C)C)C1. The molecule has 0 unspecified atom stereocenters. The van der Waals surface area contributed by atoms with Crippen molar-refractivity contribution < 1.29 is 4.79 Å². The van der Waals surface area contributed by atoms with Gasteiger partial charge in [0.25, 0.3) is 0 Å². The van der Waals surface area contributed by atoms with Crippen LogP contribution < -0.4 is 4.90 Å². The van der Waals surface area contributed by atoms with Gasteiger partial charge in [0.15, 0.2) is 5.82 Å². The molecule has 0 radical (unpaired) electrons. The minimum absolute atomic E-state index is 0.135. The number of fused-ring (bicyclic) bond motifs is 2. The predicted molar refractivity (Wildman–Crippen MR) is 102 cm³/mol. The Morgan fingerprint density at radius 1 is 1.23 bits per heavy atom. The Bertz CT molecular complexity index is 854. The van der Waals surface area contributed by atoms with Crippen LogP contribution >= 0.6 is 0 Å². The molecule has 1 amide bonds. The van der Waals surface area contributed by atoms with Crippen molar-refractivity contribution in [3.8, 4) is 0 Å². The fraction of sp³-hybridized carbons (Fsp3) is 0.550. The van der Waals surface area contributed by atoms with E-state index in [2.05, 4.69) is 41.4 Å². The molecule has 0 spiro atoms. The highest BCUT2D eigenvalue weighted by molar-refractivity contribution is 5.75. The van der Waals surface area contributed by atoms with Gasteiger partial charge in [-0.05, 0) is 45.2 Å². The molecule has 0 bridgehead atoms. The molecule has 138 valence electrons. The molecule has 0 aliphatic carbocycles. The Labute approximate surface area is 154 Å². The lowest BCUT2D eigenvalue weighted by Crippen LogP contribution is -2.35. The lowest BCUT2D eigenvalue weighted by atomic mass is 10.0. The van der Waals surface area contributed by atoms with E-state index in [-0.39, 0.29) is 5.91 Å². The maximum Gasteiger partial charge on any atom is 0.219 e. The molecule has 4 heterocycles. The standard InChI is InChI=1S/C20H27N5O/c1-13(2)25-18-7-9-23(15(4)26)12-16(18)20(22-25)24-8-5-6-17-19(24)10-14(3)11-21-17/h10-11,13H,5-9,12H2,1-4H3. The molecule has 0 N–H and O–H groups in total. The summed E-state index contributed by atoms with van der Waals surface area (Å²) in [5.74, 6) is 1.14. The van der Waals surface area contributed by atoms with E-state index in [9.17, 15) is 4.79 Å². The molecule has 0 saturated heterocycles. The van der Waals surface area contributed by atoms with E-state index < -0.39 is 0 Å². The number of pyridine rings is 1. The van der Waals surface area contributed by atoms with Crippen molar-refractivity contribution >= 4 is 17.4 Å². The summed E-state index contributed by atoms with van der Waals surface area (Å²) in [6, 6.07) is 2.52. The quantitative estimate of drug-likeness (QED) is 0.832. The molecule has 2 aromatic rings. The zero-order chi connectivity index (χ0) is 18.4. The van der Waals surface area contributed by atoms with Crippen molar-refractivity contribution in [2.45, 2.75) is 59.5 Å². The lowest BCUT2D eigenvalue weighted by Gasteiger charge is -2.32. The first kappa shape index (κ1) is 17.1. The van der Waals surface area contributed by atoms with E-state index in [0.717, 1.165) is 49.4 Å². The average Bonchev–Trinajstić information content (AvgIpc) is 3.00. The number of anilines is 2. The van der Waals surface area contributed by atoms with Gasteiger partial charge in [-0.25, -0.2) is 0 Å². The van der Waals surface area contributed by atoms with Gasteiger partial charge in [-0.15, -0.1) is 0 Å². The first-order chi connectivity index (χ1) is 12.5. The third-order valence-corrected chi connectivity index (χ3v) is 5.43. The summed E-state index contributed by atoms with van der Waals surface area (Å²) in [6.45, 7) is 10.4. The van der Waals surface area contributed by atoms with E-state index in [1.54, 1.807) is 6.92 Å². The number of aryl methyl sites for hydroxylation is 2. The number of carbonyl (C=O) groups excluding carboxylic acids is 1. The van der Waals surface area contributed by atoms with Crippen molar-refractivity contribution in [2.75, 3.05) is 18.0 Å². The van der Waals surface area contributed by atoms with Crippen LogP contribution in [0.2, 0.25) is 0 Å². The van der Waals surface area contributed by atoms with Crippen LogP contribution in [0, 0.1) is 6.92 Å². The van der Waals surface area contributed by atoms with Gasteiger partial charge in [-0.3, -0.25) is 14.5 Å². The Hall–Kier alpha value is -2.37. The van der Waals surface area contributed by atoms with Gasteiger partial charge < -0.3 is 9.80 Å². The third-order valence-electron chi connectivity index (χ3n) is 5.43. The van der Waals surface area contributed by atoms with E-state index in [1.165, 1.54) is 16.9 Å². The zero-order valence-corrected chi connectivity index (χ0v) is 16.1. The van der Waals surface area contributed by atoms with E-state index in [4.69, 9.17) is 5.10 Å². The van der Waals surface area contributed by atoms with Crippen molar-refractivity contribution in [3.05, 3.63) is 34.8 Å². The second kappa shape index (κ2) is 6.41. The number of hydrogen-bond donors (Lipinski definition) is 0. The summed E-state index contributed by atoms with van der Waals surface area (Å²) >= 11 is 0. The summed E-state index contributed by atoms with van der Waals surface area (Å²) in [5.41, 5.74) is 5.97. The van der Waals surface area contributed by atoms with Gasteiger partial charge >= 0.3 is 0 Å². The summed E-state index contributed by atoms with van der Waals surface area (Å²) in [4.78, 5) is 20.9. The first-order valence-electron chi connectivity index (χ1n) is 9.54. The van der Waals surface area contributed by atoms with Crippen LogP contribution in [0.15, 0.2) is 12.3 Å². The van der Waals surface area contributed by atoms with Crippen LogP contribution in [0.1, 0.15) is 55.7 Å². The van der Waals surface area contributed by atoms with Crippen molar-refractivity contribution in [3.63, 3.8) is 0 Å². The molecule has 4 rings (SSSR count). The van der Waals surface area contributed by atoms with Crippen molar-refractivity contribution in [2.24, 2.45) is 0 Å². The molecule has 0 aromatic carbocycles. The highest BCUT2D eigenvalue weighted by Gasteiger charge is 2.31. The van der Waals surface area contributed by atoms with Gasteiger partial charge in [0.1, 0.15) is 0 Å². The maximum atomic E-state index is 12.0. The highest BCUT2D eigenvalue weighted by Crippen LogP contribution is 2.38. The first-order valence-corrected chi connectivity index (χ1v) is 9.54.